The summed E-state index contributed by atoms with van der Waals surface area (Å²) in [4.78, 5) is 12.3. The Kier molecular flexibility index (Phi) is 2.56. The number of Topliss-reactive ketones (excluding diaryl/α,β-unsaturated/α-hetero) is 1. The molecular formula is C15H15NO. The summed E-state index contributed by atoms with van der Waals surface area (Å²) in [5.74, 6) is 0.442. The first kappa shape index (κ1) is 10.3. The lowest BCUT2D eigenvalue weighted by molar-refractivity contribution is 0.0888. The Morgan fingerprint density at radius 3 is 2.71 bits per heavy atom. The third-order valence-electron chi connectivity index (χ3n) is 3.51. The van der Waals surface area contributed by atoms with Crippen LogP contribution in [-0.4, -0.2) is 10.4 Å². The van der Waals surface area contributed by atoms with E-state index in [-0.39, 0.29) is 5.92 Å². The maximum atomic E-state index is 12.3. The van der Waals surface area contributed by atoms with Crippen LogP contribution in [0, 0.1) is 5.92 Å². The van der Waals surface area contributed by atoms with Crippen LogP contribution in [0.4, 0.5) is 0 Å². The van der Waals surface area contributed by atoms with Crippen LogP contribution in [0.15, 0.2) is 48.8 Å². The molecule has 1 aliphatic rings. The summed E-state index contributed by atoms with van der Waals surface area (Å²) in [7, 11) is 0. The summed E-state index contributed by atoms with van der Waals surface area (Å²) in [6.45, 7) is 0.806. The largest absolute Gasteiger partial charge is 0.354 e. The molecule has 2 heteroatoms. The summed E-state index contributed by atoms with van der Waals surface area (Å²) in [6.07, 6.45) is 6.03. The quantitative estimate of drug-likeness (QED) is 0.770. The van der Waals surface area contributed by atoms with Gasteiger partial charge in [0.05, 0.1) is 0 Å². The van der Waals surface area contributed by atoms with Gasteiger partial charge in [0.1, 0.15) is 0 Å². The Bertz CT molecular complexity index is 528. The summed E-state index contributed by atoms with van der Waals surface area (Å²) in [5, 5.41) is 0. The van der Waals surface area contributed by atoms with Crippen LogP contribution in [0.5, 0.6) is 0 Å². The first-order valence-corrected chi connectivity index (χ1v) is 6.07. The van der Waals surface area contributed by atoms with E-state index in [1.807, 2.05) is 42.7 Å². The minimum absolute atomic E-state index is 0.136. The number of aryl methyl sites for hydroxylation is 1. The van der Waals surface area contributed by atoms with E-state index in [1.54, 1.807) is 0 Å². The summed E-state index contributed by atoms with van der Waals surface area (Å²) in [5.41, 5.74) is 2.14. The van der Waals surface area contributed by atoms with Gasteiger partial charge < -0.3 is 4.57 Å². The van der Waals surface area contributed by atoms with E-state index in [4.69, 9.17) is 0 Å². The lowest BCUT2D eigenvalue weighted by Crippen LogP contribution is -2.26. The Balaban J connectivity index is 1.84. The van der Waals surface area contributed by atoms with Crippen molar-refractivity contribution in [2.75, 3.05) is 0 Å². The van der Waals surface area contributed by atoms with Crippen LogP contribution in [0.3, 0.4) is 0 Å². The zero-order chi connectivity index (χ0) is 11.7. The van der Waals surface area contributed by atoms with Crippen LogP contribution < -0.4 is 0 Å². The standard InChI is InChI=1S/C15H15NO/c17-15-13(11-16-9-3-4-10-16)8-7-12-5-1-2-6-14(12)15/h1-6,9-10,13H,7-8,11H2. The van der Waals surface area contributed by atoms with E-state index in [1.165, 1.54) is 5.56 Å². The fraction of sp³-hybridized carbons (Fsp3) is 0.267. The number of hydrogen-bond acceptors (Lipinski definition) is 1. The van der Waals surface area contributed by atoms with Gasteiger partial charge in [-0.3, -0.25) is 4.79 Å². The van der Waals surface area contributed by atoms with Crippen molar-refractivity contribution in [2.24, 2.45) is 5.92 Å². The average molecular weight is 225 g/mol. The van der Waals surface area contributed by atoms with Crippen molar-refractivity contribution in [3.63, 3.8) is 0 Å². The molecule has 0 aliphatic heterocycles. The van der Waals surface area contributed by atoms with Crippen molar-refractivity contribution in [2.45, 2.75) is 19.4 Å². The molecule has 1 heterocycles. The number of benzene rings is 1. The molecule has 86 valence electrons. The minimum Gasteiger partial charge on any atom is -0.354 e. The smallest absolute Gasteiger partial charge is 0.168 e. The number of rotatable bonds is 2. The van der Waals surface area contributed by atoms with Gasteiger partial charge in [-0.15, -0.1) is 0 Å². The zero-order valence-electron chi connectivity index (χ0n) is 9.67. The molecule has 0 bridgehead atoms. The zero-order valence-corrected chi connectivity index (χ0v) is 9.67. The third kappa shape index (κ3) is 1.91. The fourth-order valence-corrected chi connectivity index (χ4v) is 2.58. The topological polar surface area (TPSA) is 22.0 Å². The van der Waals surface area contributed by atoms with Gasteiger partial charge in [0.25, 0.3) is 0 Å². The number of carbonyl (C=O) groups is 1. The number of fused-ring (bicyclic) bond motifs is 1. The maximum absolute atomic E-state index is 12.3. The molecule has 3 rings (SSSR count). The van der Waals surface area contributed by atoms with Crippen molar-refractivity contribution < 1.29 is 4.79 Å². The van der Waals surface area contributed by atoms with Crippen molar-refractivity contribution >= 4 is 5.78 Å². The molecule has 1 atom stereocenters. The second-order valence-corrected chi connectivity index (χ2v) is 4.64. The van der Waals surface area contributed by atoms with E-state index in [0.717, 1.165) is 24.9 Å². The van der Waals surface area contributed by atoms with E-state index in [2.05, 4.69) is 10.6 Å². The van der Waals surface area contributed by atoms with E-state index >= 15 is 0 Å². The molecular weight excluding hydrogens is 210 g/mol. The Labute approximate surface area is 101 Å². The Morgan fingerprint density at radius 2 is 1.88 bits per heavy atom. The van der Waals surface area contributed by atoms with Gasteiger partial charge in [-0.25, -0.2) is 0 Å². The summed E-state index contributed by atoms with van der Waals surface area (Å²) >= 11 is 0. The molecule has 0 spiro atoms. The van der Waals surface area contributed by atoms with E-state index in [0.29, 0.717) is 5.78 Å². The number of hydrogen-bond donors (Lipinski definition) is 0. The second kappa shape index (κ2) is 4.21. The van der Waals surface area contributed by atoms with E-state index < -0.39 is 0 Å². The highest BCUT2D eigenvalue weighted by Crippen LogP contribution is 2.26. The number of nitrogens with zero attached hydrogens (tertiary/aromatic N) is 1. The molecule has 0 fully saturated rings. The van der Waals surface area contributed by atoms with Crippen molar-refractivity contribution in [3.05, 3.63) is 59.9 Å². The molecule has 0 saturated carbocycles. The molecule has 1 aromatic carbocycles. The number of ketones is 1. The van der Waals surface area contributed by atoms with Gasteiger partial charge in [0.15, 0.2) is 5.78 Å². The molecule has 2 nitrogen and oxygen atoms in total. The number of carbonyl (C=O) groups excluding carboxylic acids is 1. The summed E-state index contributed by atoms with van der Waals surface area (Å²) < 4.78 is 2.09. The van der Waals surface area contributed by atoms with Gasteiger partial charge in [-0.2, -0.15) is 0 Å². The molecule has 1 aliphatic carbocycles. The lowest BCUT2D eigenvalue weighted by atomic mass is 9.83. The average Bonchev–Trinajstić information content (AvgIpc) is 2.86. The van der Waals surface area contributed by atoms with Crippen LogP contribution >= 0.6 is 0 Å². The Hall–Kier alpha value is -1.83. The molecule has 0 saturated heterocycles. The SMILES string of the molecule is O=C1c2ccccc2CCC1Cn1cccc1. The van der Waals surface area contributed by atoms with Gasteiger partial charge in [-0.05, 0) is 30.5 Å². The Morgan fingerprint density at radius 1 is 1.12 bits per heavy atom. The van der Waals surface area contributed by atoms with Gasteiger partial charge in [0, 0.05) is 30.4 Å². The highest BCUT2D eigenvalue weighted by Gasteiger charge is 2.26. The highest BCUT2D eigenvalue weighted by atomic mass is 16.1. The fourth-order valence-electron chi connectivity index (χ4n) is 2.58. The van der Waals surface area contributed by atoms with Crippen LogP contribution in [-0.2, 0) is 13.0 Å². The van der Waals surface area contributed by atoms with Crippen molar-refractivity contribution in [1.29, 1.82) is 0 Å². The van der Waals surface area contributed by atoms with Crippen LogP contribution in [0.25, 0.3) is 0 Å². The molecule has 0 amide bonds. The third-order valence-corrected chi connectivity index (χ3v) is 3.51. The number of aromatic nitrogens is 1. The second-order valence-electron chi connectivity index (χ2n) is 4.64. The molecule has 0 radical (unpaired) electrons. The highest BCUT2D eigenvalue weighted by molar-refractivity contribution is 6.00. The molecule has 0 N–H and O–H groups in total. The van der Waals surface area contributed by atoms with Crippen molar-refractivity contribution in [3.8, 4) is 0 Å². The molecule has 1 unspecified atom stereocenters. The first-order valence-electron chi connectivity index (χ1n) is 6.07. The van der Waals surface area contributed by atoms with Crippen molar-refractivity contribution in [1.82, 2.24) is 4.57 Å². The van der Waals surface area contributed by atoms with E-state index in [9.17, 15) is 4.79 Å². The molecule has 1 aromatic heterocycles. The van der Waals surface area contributed by atoms with Gasteiger partial charge in [-0.1, -0.05) is 24.3 Å². The van der Waals surface area contributed by atoms with Gasteiger partial charge >= 0.3 is 0 Å². The normalized spacial score (nSPS) is 19.1. The molecule has 2 aromatic rings. The van der Waals surface area contributed by atoms with Crippen LogP contribution in [0.1, 0.15) is 22.3 Å². The minimum atomic E-state index is 0.136. The first-order chi connectivity index (χ1) is 8.34. The maximum Gasteiger partial charge on any atom is 0.168 e. The lowest BCUT2D eigenvalue weighted by Gasteiger charge is -2.23. The van der Waals surface area contributed by atoms with Crippen LogP contribution in [0.2, 0.25) is 0 Å². The monoisotopic (exact) mass is 225 g/mol. The molecule has 17 heavy (non-hydrogen) atoms. The predicted molar refractivity (Wildman–Crippen MR) is 67.0 cm³/mol. The van der Waals surface area contributed by atoms with Gasteiger partial charge in [0.2, 0.25) is 0 Å². The summed E-state index contributed by atoms with van der Waals surface area (Å²) in [6, 6.07) is 12.0. The predicted octanol–water partition coefficient (Wildman–Crippen LogP) is 2.93.